The van der Waals surface area contributed by atoms with Crippen molar-refractivity contribution in [1.82, 2.24) is 0 Å². The largest absolute Gasteiger partial charge is 0.454 e. The van der Waals surface area contributed by atoms with Gasteiger partial charge in [0.2, 0.25) is 12.7 Å². The summed E-state index contributed by atoms with van der Waals surface area (Å²) >= 11 is 0. The highest BCUT2D eigenvalue weighted by atomic mass is 19.1. The Bertz CT molecular complexity index is 895. The maximum absolute atomic E-state index is 12.9. The molecule has 0 aliphatic carbocycles. The van der Waals surface area contributed by atoms with Gasteiger partial charge in [0.05, 0.1) is 13.1 Å². The van der Waals surface area contributed by atoms with Crippen molar-refractivity contribution in [3.05, 3.63) is 48.3 Å². The molecule has 4 rings (SSSR count). The first-order valence-corrected chi connectivity index (χ1v) is 9.66. The molecule has 2 aromatic rings. The number of amides is 2. The second-order valence-corrected chi connectivity index (χ2v) is 7.31. The molecule has 8 heteroatoms. The van der Waals surface area contributed by atoms with Crippen LogP contribution in [-0.2, 0) is 9.59 Å². The van der Waals surface area contributed by atoms with Gasteiger partial charge in [-0.2, -0.15) is 0 Å². The van der Waals surface area contributed by atoms with Crippen molar-refractivity contribution in [1.29, 1.82) is 0 Å². The molecule has 2 heterocycles. The first-order chi connectivity index (χ1) is 14.1. The lowest BCUT2D eigenvalue weighted by Gasteiger charge is -2.28. The third kappa shape index (κ3) is 4.83. The molecule has 0 spiro atoms. The van der Waals surface area contributed by atoms with E-state index >= 15 is 0 Å². The van der Waals surface area contributed by atoms with Gasteiger partial charge in [-0.15, -0.1) is 0 Å². The second kappa shape index (κ2) is 8.48. The number of carbonyl (C=O) groups is 2. The van der Waals surface area contributed by atoms with Crippen LogP contribution in [0, 0.1) is 11.7 Å². The number of quaternary nitrogens is 1. The number of rotatable bonds is 5. The van der Waals surface area contributed by atoms with Crippen LogP contribution in [0.1, 0.15) is 12.8 Å². The van der Waals surface area contributed by atoms with E-state index in [1.165, 1.54) is 24.3 Å². The number of fused-ring (bicyclic) bond motifs is 1. The van der Waals surface area contributed by atoms with Crippen LogP contribution in [0.15, 0.2) is 42.5 Å². The first-order valence-electron chi connectivity index (χ1n) is 9.66. The molecule has 0 radical (unpaired) electrons. The third-order valence-corrected chi connectivity index (χ3v) is 5.24. The SMILES string of the molecule is O=C(C[NH+]1CCC(C(=O)Nc2ccc3c(c2)OCO3)CC1)Nc1ccc(F)cc1. The smallest absolute Gasteiger partial charge is 0.279 e. The van der Waals surface area contributed by atoms with E-state index in [0.717, 1.165) is 30.8 Å². The molecule has 0 unspecified atom stereocenters. The lowest BCUT2D eigenvalue weighted by molar-refractivity contribution is -0.897. The summed E-state index contributed by atoms with van der Waals surface area (Å²) in [5.41, 5.74) is 1.27. The van der Waals surface area contributed by atoms with Gasteiger partial charge >= 0.3 is 0 Å². The Morgan fingerprint density at radius 2 is 1.66 bits per heavy atom. The fourth-order valence-corrected chi connectivity index (χ4v) is 3.65. The maximum atomic E-state index is 12.9. The second-order valence-electron chi connectivity index (χ2n) is 7.31. The zero-order valence-electron chi connectivity index (χ0n) is 15.9. The minimum absolute atomic E-state index is 0.0151. The Morgan fingerprint density at radius 3 is 2.41 bits per heavy atom. The molecule has 0 atom stereocenters. The Hall–Kier alpha value is -3.13. The van der Waals surface area contributed by atoms with Gasteiger partial charge in [-0.1, -0.05) is 0 Å². The minimum Gasteiger partial charge on any atom is -0.454 e. The summed E-state index contributed by atoms with van der Waals surface area (Å²) in [5.74, 6) is 0.764. The van der Waals surface area contributed by atoms with E-state index in [1.807, 2.05) is 0 Å². The summed E-state index contributed by atoms with van der Waals surface area (Å²) in [6.07, 6.45) is 1.44. The number of piperidine rings is 1. The van der Waals surface area contributed by atoms with E-state index < -0.39 is 0 Å². The van der Waals surface area contributed by atoms with E-state index in [1.54, 1.807) is 18.2 Å². The van der Waals surface area contributed by atoms with Gasteiger partial charge < -0.3 is 25.0 Å². The summed E-state index contributed by atoms with van der Waals surface area (Å²) in [4.78, 5) is 25.9. The number of halogens is 1. The Labute approximate surface area is 167 Å². The van der Waals surface area contributed by atoms with Crippen molar-refractivity contribution in [2.75, 3.05) is 37.1 Å². The Kier molecular flexibility index (Phi) is 5.62. The van der Waals surface area contributed by atoms with Crippen LogP contribution >= 0.6 is 0 Å². The molecular formula is C21H23FN3O4+. The number of benzene rings is 2. The van der Waals surface area contributed by atoms with Gasteiger partial charge in [-0.05, 0) is 36.4 Å². The van der Waals surface area contributed by atoms with Crippen molar-refractivity contribution in [3.8, 4) is 11.5 Å². The van der Waals surface area contributed by atoms with Crippen LogP contribution in [-0.4, -0.2) is 38.2 Å². The minimum atomic E-state index is -0.338. The molecule has 2 aromatic carbocycles. The zero-order valence-corrected chi connectivity index (χ0v) is 15.9. The topological polar surface area (TPSA) is 81.1 Å². The molecule has 2 amide bonds. The monoisotopic (exact) mass is 400 g/mol. The summed E-state index contributed by atoms with van der Waals surface area (Å²) in [6, 6.07) is 11.0. The lowest BCUT2D eigenvalue weighted by atomic mass is 9.95. The summed E-state index contributed by atoms with van der Waals surface area (Å²) in [5, 5.41) is 5.72. The van der Waals surface area contributed by atoms with Crippen LogP contribution in [0.25, 0.3) is 0 Å². The number of nitrogens with one attached hydrogen (secondary N) is 3. The molecule has 0 saturated carbocycles. The molecule has 7 nitrogen and oxygen atoms in total. The fourth-order valence-electron chi connectivity index (χ4n) is 3.65. The normalized spacial score (nSPS) is 20.2. The summed E-state index contributed by atoms with van der Waals surface area (Å²) < 4.78 is 23.5. The number of ether oxygens (including phenoxy) is 2. The molecule has 3 N–H and O–H groups in total. The van der Waals surface area contributed by atoms with Crippen LogP contribution in [0.2, 0.25) is 0 Å². The molecule has 0 aromatic heterocycles. The Morgan fingerprint density at radius 1 is 0.966 bits per heavy atom. The van der Waals surface area contributed by atoms with Crippen LogP contribution in [0.5, 0.6) is 11.5 Å². The number of anilines is 2. The molecular weight excluding hydrogens is 377 g/mol. The van der Waals surface area contributed by atoms with Gasteiger partial charge in [-0.3, -0.25) is 9.59 Å². The number of hydrogen-bond acceptors (Lipinski definition) is 4. The average Bonchev–Trinajstić information content (AvgIpc) is 3.18. The van der Waals surface area contributed by atoms with E-state index in [0.29, 0.717) is 29.4 Å². The molecule has 2 aliphatic heterocycles. The number of likely N-dealkylation sites (tertiary alicyclic amines) is 1. The van der Waals surface area contributed by atoms with Crippen molar-refractivity contribution < 1.29 is 28.4 Å². The maximum Gasteiger partial charge on any atom is 0.279 e. The Balaban J connectivity index is 1.23. The highest BCUT2D eigenvalue weighted by Gasteiger charge is 2.29. The van der Waals surface area contributed by atoms with E-state index in [9.17, 15) is 14.0 Å². The number of carbonyl (C=O) groups excluding carboxylic acids is 2. The standard InChI is InChI=1S/C21H22FN3O4/c22-15-1-3-16(4-2-15)23-20(26)12-25-9-7-14(8-10-25)21(27)24-17-5-6-18-19(11-17)29-13-28-18/h1-6,11,14H,7-10,12-13H2,(H,23,26)(H,24,27)/p+1. The molecule has 1 fully saturated rings. The predicted octanol–water partition coefficient (Wildman–Crippen LogP) is 1.43. The van der Waals surface area contributed by atoms with Crippen molar-refractivity contribution >= 4 is 23.2 Å². The fraction of sp³-hybridized carbons (Fsp3) is 0.333. The van der Waals surface area contributed by atoms with E-state index in [2.05, 4.69) is 10.6 Å². The quantitative estimate of drug-likeness (QED) is 0.709. The summed E-state index contributed by atoms with van der Waals surface area (Å²) in [6.45, 7) is 2.02. The molecule has 2 aliphatic rings. The first kappa shape index (κ1) is 19.2. The summed E-state index contributed by atoms with van der Waals surface area (Å²) in [7, 11) is 0. The highest BCUT2D eigenvalue weighted by Crippen LogP contribution is 2.34. The van der Waals surface area contributed by atoms with Crippen LogP contribution in [0.4, 0.5) is 15.8 Å². The van der Waals surface area contributed by atoms with Gasteiger partial charge in [0.15, 0.2) is 18.0 Å². The van der Waals surface area contributed by atoms with Crippen molar-refractivity contribution in [2.24, 2.45) is 5.92 Å². The predicted molar refractivity (Wildman–Crippen MR) is 105 cm³/mol. The third-order valence-electron chi connectivity index (χ3n) is 5.24. The van der Waals surface area contributed by atoms with E-state index in [4.69, 9.17) is 9.47 Å². The van der Waals surface area contributed by atoms with Gasteiger partial charge in [-0.25, -0.2) is 4.39 Å². The van der Waals surface area contributed by atoms with Crippen LogP contribution < -0.4 is 25.0 Å². The highest BCUT2D eigenvalue weighted by molar-refractivity contribution is 5.93. The van der Waals surface area contributed by atoms with Gasteiger partial charge in [0.1, 0.15) is 5.82 Å². The zero-order chi connectivity index (χ0) is 20.2. The average molecular weight is 400 g/mol. The lowest BCUT2D eigenvalue weighted by Crippen LogP contribution is -3.14. The van der Waals surface area contributed by atoms with Gasteiger partial charge in [0, 0.05) is 36.2 Å². The van der Waals surface area contributed by atoms with Crippen LogP contribution in [0.3, 0.4) is 0 Å². The number of hydrogen-bond donors (Lipinski definition) is 3. The van der Waals surface area contributed by atoms with Gasteiger partial charge in [0.25, 0.3) is 5.91 Å². The van der Waals surface area contributed by atoms with E-state index in [-0.39, 0.29) is 30.3 Å². The molecule has 0 bridgehead atoms. The van der Waals surface area contributed by atoms with Crippen molar-refractivity contribution in [3.63, 3.8) is 0 Å². The molecule has 1 saturated heterocycles. The van der Waals surface area contributed by atoms with Crippen molar-refractivity contribution in [2.45, 2.75) is 12.8 Å². The molecule has 152 valence electrons. The molecule has 29 heavy (non-hydrogen) atoms.